The van der Waals surface area contributed by atoms with Gasteiger partial charge in [0.15, 0.2) is 0 Å². The smallest absolute Gasteiger partial charge is 0.224 e. The van der Waals surface area contributed by atoms with Gasteiger partial charge >= 0.3 is 0 Å². The predicted octanol–water partition coefficient (Wildman–Crippen LogP) is 2.48. The van der Waals surface area contributed by atoms with E-state index in [1.165, 1.54) is 0 Å². The lowest BCUT2D eigenvalue weighted by Crippen LogP contribution is -2.28. The molecule has 1 amide bonds. The van der Waals surface area contributed by atoms with Crippen LogP contribution >= 0.6 is 0 Å². The summed E-state index contributed by atoms with van der Waals surface area (Å²) in [5.74, 6) is 0.781. The number of pyridine rings is 1. The molecule has 5 nitrogen and oxygen atoms in total. The van der Waals surface area contributed by atoms with Crippen LogP contribution in [0.5, 0.6) is 0 Å². The van der Waals surface area contributed by atoms with Crippen LogP contribution in [0, 0.1) is 5.92 Å². The van der Waals surface area contributed by atoms with Crippen LogP contribution in [0.15, 0.2) is 49.1 Å². The van der Waals surface area contributed by atoms with Crippen LogP contribution in [0.3, 0.4) is 0 Å². The Bertz CT molecular complexity index is 804. The summed E-state index contributed by atoms with van der Waals surface area (Å²) in [5, 5.41) is 4.87. The first-order valence-electron chi connectivity index (χ1n) is 7.26. The quantitative estimate of drug-likeness (QED) is 0.804. The topological polar surface area (TPSA) is 59.8 Å². The summed E-state index contributed by atoms with van der Waals surface area (Å²) in [7, 11) is 1.66. The molecule has 0 aliphatic carbocycles. The monoisotopic (exact) mass is 294 g/mol. The van der Waals surface area contributed by atoms with Crippen molar-refractivity contribution < 1.29 is 4.79 Å². The molecule has 2 aromatic heterocycles. The zero-order valence-corrected chi connectivity index (χ0v) is 12.7. The molecule has 0 saturated heterocycles. The number of amides is 1. The van der Waals surface area contributed by atoms with Crippen LogP contribution in [-0.4, -0.2) is 27.5 Å². The largest absolute Gasteiger partial charge is 0.359 e. The number of hydrogen-bond donors (Lipinski definition) is 1. The van der Waals surface area contributed by atoms with Crippen LogP contribution in [0.25, 0.3) is 22.2 Å². The van der Waals surface area contributed by atoms with E-state index in [4.69, 9.17) is 0 Å². The second kappa shape index (κ2) is 5.97. The average molecular weight is 294 g/mol. The van der Waals surface area contributed by atoms with Gasteiger partial charge in [0.2, 0.25) is 5.91 Å². The Hall–Kier alpha value is -2.69. The summed E-state index contributed by atoms with van der Waals surface area (Å²) in [4.78, 5) is 20.4. The van der Waals surface area contributed by atoms with Crippen molar-refractivity contribution in [1.82, 2.24) is 19.9 Å². The van der Waals surface area contributed by atoms with E-state index in [0.717, 1.165) is 22.2 Å². The molecule has 1 atom stereocenters. The van der Waals surface area contributed by atoms with E-state index in [2.05, 4.69) is 15.3 Å². The fourth-order valence-electron chi connectivity index (χ4n) is 2.64. The molecule has 1 N–H and O–H groups in total. The maximum absolute atomic E-state index is 11.7. The first kappa shape index (κ1) is 14.3. The zero-order chi connectivity index (χ0) is 15.5. The first-order chi connectivity index (χ1) is 10.7. The van der Waals surface area contributed by atoms with Gasteiger partial charge in [-0.2, -0.15) is 0 Å². The maximum atomic E-state index is 11.7. The molecule has 1 aromatic carbocycles. The summed E-state index contributed by atoms with van der Waals surface area (Å²) >= 11 is 0. The minimum atomic E-state index is -0.116. The predicted molar refractivity (Wildman–Crippen MR) is 86.2 cm³/mol. The van der Waals surface area contributed by atoms with Crippen molar-refractivity contribution in [1.29, 1.82) is 0 Å². The van der Waals surface area contributed by atoms with Gasteiger partial charge in [-0.15, -0.1) is 0 Å². The standard InChI is InChI=1S/C17H18N4O/c1-12(17(22)18-2)11-21-9-8-20-16(21)15-5-3-4-13-10-19-7-6-14(13)15/h3-10,12H,11H2,1-2H3,(H,18,22). The molecular formula is C17H18N4O. The molecule has 3 rings (SSSR count). The molecule has 2 heterocycles. The Morgan fingerprint density at radius 2 is 2.18 bits per heavy atom. The van der Waals surface area contributed by atoms with Crippen molar-refractivity contribution in [3.05, 3.63) is 49.1 Å². The minimum absolute atomic E-state index is 0.0294. The Morgan fingerprint density at radius 1 is 1.32 bits per heavy atom. The Labute approximate surface area is 129 Å². The Morgan fingerprint density at radius 3 is 3.00 bits per heavy atom. The van der Waals surface area contributed by atoms with Crippen molar-refractivity contribution in [3.8, 4) is 11.4 Å². The summed E-state index contributed by atoms with van der Waals surface area (Å²) < 4.78 is 2.02. The van der Waals surface area contributed by atoms with Crippen LogP contribution in [0.2, 0.25) is 0 Å². The fraction of sp³-hybridized carbons (Fsp3) is 0.235. The van der Waals surface area contributed by atoms with Crippen molar-refractivity contribution in [2.24, 2.45) is 5.92 Å². The van der Waals surface area contributed by atoms with E-state index in [1.54, 1.807) is 19.4 Å². The Kier molecular flexibility index (Phi) is 3.87. The number of imidazole rings is 1. The molecule has 0 bridgehead atoms. The van der Waals surface area contributed by atoms with Crippen molar-refractivity contribution in [3.63, 3.8) is 0 Å². The molecule has 0 aliphatic rings. The average Bonchev–Trinajstić information content (AvgIpc) is 3.01. The molecule has 0 radical (unpaired) electrons. The number of carbonyl (C=O) groups is 1. The Balaban J connectivity index is 2.02. The fourth-order valence-corrected chi connectivity index (χ4v) is 2.64. The van der Waals surface area contributed by atoms with E-state index in [9.17, 15) is 4.79 Å². The van der Waals surface area contributed by atoms with E-state index < -0.39 is 0 Å². The van der Waals surface area contributed by atoms with Crippen LogP contribution in [0.1, 0.15) is 6.92 Å². The second-order valence-corrected chi connectivity index (χ2v) is 5.32. The van der Waals surface area contributed by atoms with E-state index in [-0.39, 0.29) is 11.8 Å². The molecule has 5 heteroatoms. The van der Waals surface area contributed by atoms with E-state index in [1.807, 2.05) is 48.1 Å². The number of benzene rings is 1. The number of nitrogens with one attached hydrogen (secondary N) is 1. The second-order valence-electron chi connectivity index (χ2n) is 5.32. The van der Waals surface area contributed by atoms with Gasteiger partial charge in [-0.1, -0.05) is 25.1 Å². The van der Waals surface area contributed by atoms with Crippen LogP contribution in [0.4, 0.5) is 0 Å². The van der Waals surface area contributed by atoms with Crippen molar-refractivity contribution in [2.75, 3.05) is 7.05 Å². The normalized spacial score (nSPS) is 12.3. The molecule has 0 fully saturated rings. The zero-order valence-electron chi connectivity index (χ0n) is 12.7. The van der Waals surface area contributed by atoms with Gasteiger partial charge in [0.25, 0.3) is 0 Å². The highest BCUT2D eigenvalue weighted by atomic mass is 16.1. The van der Waals surface area contributed by atoms with Gasteiger partial charge < -0.3 is 9.88 Å². The maximum Gasteiger partial charge on any atom is 0.224 e. The van der Waals surface area contributed by atoms with Gasteiger partial charge in [0, 0.05) is 49.3 Å². The minimum Gasteiger partial charge on any atom is -0.359 e. The van der Waals surface area contributed by atoms with Gasteiger partial charge in [-0.05, 0) is 11.5 Å². The summed E-state index contributed by atoms with van der Waals surface area (Å²) in [6, 6.07) is 8.07. The summed E-state index contributed by atoms with van der Waals surface area (Å²) in [6.45, 7) is 2.51. The van der Waals surface area contributed by atoms with Gasteiger partial charge in [0.05, 0.1) is 5.92 Å². The lowest BCUT2D eigenvalue weighted by molar-refractivity contribution is -0.124. The molecule has 0 saturated carbocycles. The highest BCUT2D eigenvalue weighted by Crippen LogP contribution is 2.27. The number of aromatic nitrogens is 3. The molecule has 0 aliphatic heterocycles. The number of rotatable bonds is 4. The van der Waals surface area contributed by atoms with Crippen LogP contribution < -0.4 is 5.32 Å². The van der Waals surface area contributed by atoms with E-state index in [0.29, 0.717) is 6.54 Å². The van der Waals surface area contributed by atoms with Crippen molar-refractivity contribution in [2.45, 2.75) is 13.5 Å². The van der Waals surface area contributed by atoms with Gasteiger partial charge in [0.1, 0.15) is 5.82 Å². The third-order valence-electron chi connectivity index (χ3n) is 3.80. The molecule has 22 heavy (non-hydrogen) atoms. The third-order valence-corrected chi connectivity index (χ3v) is 3.80. The van der Waals surface area contributed by atoms with Gasteiger partial charge in [-0.25, -0.2) is 4.98 Å². The third kappa shape index (κ3) is 2.57. The lowest BCUT2D eigenvalue weighted by Gasteiger charge is -2.14. The summed E-state index contributed by atoms with van der Waals surface area (Å²) in [6.07, 6.45) is 7.31. The SMILES string of the molecule is CNC(=O)C(C)Cn1ccnc1-c1cccc2cnccc12. The lowest BCUT2D eigenvalue weighted by atomic mass is 10.1. The van der Waals surface area contributed by atoms with E-state index >= 15 is 0 Å². The highest BCUT2D eigenvalue weighted by Gasteiger charge is 2.15. The molecule has 112 valence electrons. The number of carbonyl (C=O) groups excluding carboxylic acids is 1. The molecule has 1 unspecified atom stereocenters. The van der Waals surface area contributed by atoms with Crippen molar-refractivity contribution >= 4 is 16.7 Å². The highest BCUT2D eigenvalue weighted by molar-refractivity contribution is 5.94. The first-order valence-corrected chi connectivity index (χ1v) is 7.26. The molecule has 3 aromatic rings. The molecule has 0 spiro atoms. The number of hydrogen-bond acceptors (Lipinski definition) is 3. The molecular weight excluding hydrogens is 276 g/mol. The van der Waals surface area contributed by atoms with Gasteiger partial charge in [-0.3, -0.25) is 9.78 Å². The number of nitrogens with zero attached hydrogens (tertiary/aromatic N) is 3. The summed E-state index contributed by atoms with van der Waals surface area (Å²) in [5.41, 5.74) is 1.05. The van der Waals surface area contributed by atoms with Crippen LogP contribution in [-0.2, 0) is 11.3 Å². The number of fused-ring (bicyclic) bond motifs is 1.